The third-order valence-electron chi connectivity index (χ3n) is 5.03. The van der Waals surface area contributed by atoms with Gasteiger partial charge < -0.3 is 19.0 Å². The Labute approximate surface area is 205 Å². The second kappa shape index (κ2) is 12.1. The quantitative estimate of drug-likeness (QED) is 0.194. The van der Waals surface area contributed by atoms with Crippen LogP contribution in [0.3, 0.4) is 0 Å². The zero-order valence-corrected chi connectivity index (χ0v) is 20.5. The Balaban J connectivity index is 1.59. The summed E-state index contributed by atoms with van der Waals surface area (Å²) in [4.78, 5) is 17.2. The lowest BCUT2D eigenvalue weighted by atomic mass is 10.1. The van der Waals surface area contributed by atoms with Gasteiger partial charge in [0, 0.05) is 10.6 Å². The highest BCUT2D eigenvalue weighted by molar-refractivity contribution is 6.31. The predicted molar refractivity (Wildman–Crippen MR) is 133 cm³/mol. The molecule has 3 aromatic rings. The highest BCUT2D eigenvalue weighted by Gasteiger charge is 2.17. The van der Waals surface area contributed by atoms with Gasteiger partial charge in [0.1, 0.15) is 12.4 Å². The minimum Gasteiger partial charge on any atom is -0.490 e. The first-order valence-electron chi connectivity index (χ1n) is 11.0. The third kappa shape index (κ3) is 6.99. The number of nitrogens with zero attached hydrogens (tertiary/aromatic N) is 1. The van der Waals surface area contributed by atoms with Crippen LogP contribution in [0.1, 0.15) is 36.1 Å². The van der Waals surface area contributed by atoms with Gasteiger partial charge in [-0.15, -0.1) is 0 Å². The topological polar surface area (TPSA) is 66.4 Å². The monoisotopic (exact) mass is 481 g/mol. The molecule has 1 atom stereocenters. The van der Waals surface area contributed by atoms with Gasteiger partial charge in [-0.3, -0.25) is 0 Å². The molecule has 0 N–H and O–H groups in total. The molecule has 0 aromatic heterocycles. The van der Waals surface area contributed by atoms with Crippen LogP contribution in [0.15, 0.2) is 65.8 Å². The van der Waals surface area contributed by atoms with E-state index in [0.717, 1.165) is 16.7 Å². The molecular weight excluding hydrogens is 454 g/mol. The number of rotatable bonds is 10. The molecule has 0 fully saturated rings. The van der Waals surface area contributed by atoms with Gasteiger partial charge in [0.2, 0.25) is 0 Å². The molecule has 0 aliphatic carbocycles. The molecule has 0 aliphatic rings. The van der Waals surface area contributed by atoms with Gasteiger partial charge in [0.15, 0.2) is 17.6 Å². The minimum absolute atomic E-state index is 0.433. The molecule has 7 heteroatoms. The van der Waals surface area contributed by atoms with E-state index >= 15 is 0 Å². The SMILES string of the molecule is CCOc1cc(C=NOC(=O)C(C)Oc2ccc(Cl)c(C)c2)ccc1OCc1ccccc1C. The molecule has 0 radical (unpaired) electrons. The van der Waals surface area contributed by atoms with Crippen LogP contribution < -0.4 is 14.2 Å². The Bertz CT molecular complexity index is 1160. The van der Waals surface area contributed by atoms with Crippen molar-refractivity contribution in [3.8, 4) is 17.2 Å². The molecular formula is C27H28ClNO5. The van der Waals surface area contributed by atoms with Crippen LogP contribution in [0.4, 0.5) is 0 Å². The molecule has 0 aliphatic heterocycles. The molecule has 0 spiro atoms. The smallest absolute Gasteiger partial charge is 0.374 e. The molecule has 0 saturated carbocycles. The normalized spacial score (nSPS) is 11.8. The van der Waals surface area contributed by atoms with E-state index < -0.39 is 12.1 Å². The van der Waals surface area contributed by atoms with Crippen LogP contribution >= 0.6 is 11.6 Å². The van der Waals surface area contributed by atoms with E-state index in [2.05, 4.69) is 5.16 Å². The summed E-state index contributed by atoms with van der Waals surface area (Å²) in [5, 5.41) is 4.43. The Kier molecular flexibility index (Phi) is 8.93. The zero-order chi connectivity index (χ0) is 24.5. The van der Waals surface area contributed by atoms with Crippen LogP contribution in [-0.4, -0.2) is 24.9 Å². The fraction of sp³-hybridized carbons (Fsp3) is 0.259. The average Bonchev–Trinajstić information content (AvgIpc) is 2.82. The number of halogens is 1. The summed E-state index contributed by atoms with van der Waals surface area (Å²) < 4.78 is 17.3. The molecule has 0 saturated heterocycles. The lowest BCUT2D eigenvalue weighted by Gasteiger charge is -2.14. The van der Waals surface area contributed by atoms with Gasteiger partial charge in [-0.05, 0) is 80.8 Å². The number of ether oxygens (including phenoxy) is 3. The van der Waals surface area contributed by atoms with E-state index in [1.165, 1.54) is 6.21 Å². The Morgan fingerprint density at radius 2 is 1.79 bits per heavy atom. The maximum Gasteiger partial charge on any atom is 0.374 e. The third-order valence-corrected chi connectivity index (χ3v) is 5.45. The number of aryl methyl sites for hydroxylation is 2. The molecule has 0 heterocycles. The maximum absolute atomic E-state index is 12.2. The number of hydrogen-bond acceptors (Lipinski definition) is 6. The van der Waals surface area contributed by atoms with E-state index in [4.69, 9.17) is 30.6 Å². The van der Waals surface area contributed by atoms with Gasteiger partial charge in [-0.1, -0.05) is 41.0 Å². The molecule has 0 amide bonds. The number of oxime groups is 1. The molecule has 6 nitrogen and oxygen atoms in total. The van der Waals surface area contributed by atoms with E-state index in [0.29, 0.717) is 41.0 Å². The van der Waals surface area contributed by atoms with Gasteiger partial charge in [0.05, 0.1) is 12.8 Å². The molecule has 34 heavy (non-hydrogen) atoms. The summed E-state index contributed by atoms with van der Waals surface area (Å²) in [5.74, 6) is 1.12. The summed E-state index contributed by atoms with van der Waals surface area (Å²) in [6, 6.07) is 18.6. The van der Waals surface area contributed by atoms with Crippen LogP contribution in [0, 0.1) is 13.8 Å². The van der Waals surface area contributed by atoms with Crippen molar-refractivity contribution in [1.29, 1.82) is 0 Å². The first-order valence-corrected chi connectivity index (χ1v) is 11.4. The first kappa shape index (κ1) is 25.1. The summed E-state index contributed by atoms with van der Waals surface area (Å²) >= 11 is 6.02. The van der Waals surface area contributed by atoms with E-state index in [9.17, 15) is 4.79 Å². The molecule has 3 rings (SSSR count). The van der Waals surface area contributed by atoms with Crippen LogP contribution in [-0.2, 0) is 16.2 Å². The first-order chi connectivity index (χ1) is 16.4. The van der Waals surface area contributed by atoms with Gasteiger partial charge in [0.25, 0.3) is 0 Å². The Morgan fingerprint density at radius 1 is 1.00 bits per heavy atom. The van der Waals surface area contributed by atoms with Crippen LogP contribution in [0.2, 0.25) is 5.02 Å². The largest absolute Gasteiger partial charge is 0.490 e. The standard InChI is InChI=1S/C27H28ClNO5/c1-5-31-26-15-21(10-13-25(26)32-17-22-9-7-6-8-18(22)2)16-29-34-27(30)20(4)33-23-11-12-24(28)19(3)14-23/h6-16,20H,5,17H2,1-4H3. The predicted octanol–water partition coefficient (Wildman–Crippen LogP) is 6.28. The number of carbonyl (C=O) groups excluding carboxylic acids is 1. The fourth-order valence-electron chi connectivity index (χ4n) is 3.08. The molecule has 3 aromatic carbocycles. The molecule has 0 bridgehead atoms. The maximum atomic E-state index is 12.2. The lowest BCUT2D eigenvalue weighted by molar-refractivity contribution is -0.151. The van der Waals surface area contributed by atoms with Crippen LogP contribution in [0.5, 0.6) is 17.2 Å². The summed E-state index contributed by atoms with van der Waals surface area (Å²) in [5.41, 5.74) is 3.82. The van der Waals surface area contributed by atoms with Crippen molar-refractivity contribution in [2.45, 2.75) is 40.4 Å². The Morgan fingerprint density at radius 3 is 2.53 bits per heavy atom. The number of benzene rings is 3. The van der Waals surface area contributed by atoms with Crippen molar-refractivity contribution in [1.82, 2.24) is 0 Å². The minimum atomic E-state index is -0.839. The van der Waals surface area contributed by atoms with Crippen LogP contribution in [0.25, 0.3) is 0 Å². The van der Waals surface area contributed by atoms with Gasteiger partial charge in [-0.25, -0.2) is 4.79 Å². The second-order valence-corrected chi connectivity index (χ2v) is 8.08. The van der Waals surface area contributed by atoms with E-state index in [1.807, 2.05) is 51.1 Å². The van der Waals surface area contributed by atoms with Crippen molar-refractivity contribution < 1.29 is 23.8 Å². The summed E-state index contributed by atoms with van der Waals surface area (Å²) in [6.45, 7) is 8.31. The highest BCUT2D eigenvalue weighted by Crippen LogP contribution is 2.29. The van der Waals surface area contributed by atoms with Crippen molar-refractivity contribution in [2.24, 2.45) is 5.16 Å². The molecule has 178 valence electrons. The van der Waals surface area contributed by atoms with Crippen molar-refractivity contribution >= 4 is 23.8 Å². The van der Waals surface area contributed by atoms with Gasteiger partial charge >= 0.3 is 5.97 Å². The fourth-order valence-corrected chi connectivity index (χ4v) is 3.19. The summed E-state index contributed by atoms with van der Waals surface area (Å²) in [7, 11) is 0. The number of carbonyl (C=O) groups is 1. The number of hydrogen-bond donors (Lipinski definition) is 0. The van der Waals surface area contributed by atoms with Crippen molar-refractivity contribution in [3.05, 3.63) is 87.9 Å². The Hall–Kier alpha value is -3.51. The van der Waals surface area contributed by atoms with E-state index in [-0.39, 0.29) is 0 Å². The van der Waals surface area contributed by atoms with Crippen molar-refractivity contribution in [2.75, 3.05) is 6.61 Å². The molecule has 1 unspecified atom stereocenters. The lowest BCUT2D eigenvalue weighted by Crippen LogP contribution is -2.24. The van der Waals surface area contributed by atoms with E-state index in [1.54, 1.807) is 37.3 Å². The average molecular weight is 482 g/mol. The zero-order valence-electron chi connectivity index (χ0n) is 19.7. The summed E-state index contributed by atoms with van der Waals surface area (Å²) in [6.07, 6.45) is 0.596. The van der Waals surface area contributed by atoms with Gasteiger partial charge in [-0.2, -0.15) is 0 Å². The van der Waals surface area contributed by atoms with Crippen molar-refractivity contribution in [3.63, 3.8) is 0 Å². The highest BCUT2D eigenvalue weighted by atomic mass is 35.5. The second-order valence-electron chi connectivity index (χ2n) is 7.67.